The number of nitrogens with one attached hydrogen (secondary N) is 1. The number of hydrogen-bond acceptors (Lipinski definition) is 2. The van der Waals surface area contributed by atoms with E-state index >= 15 is 0 Å². The van der Waals surface area contributed by atoms with Gasteiger partial charge in [-0.1, -0.05) is 18.2 Å². The molecule has 0 aliphatic carbocycles. The molecule has 0 radical (unpaired) electrons. The molecule has 2 heteroatoms. The van der Waals surface area contributed by atoms with Crippen LogP contribution in [0.5, 0.6) is 0 Å². The summed E-state index contributed by atoms with van der Waals surface area (Å²) in [6.45, 7) is 6.79. The molecule has 82 valence electrons. The molecule has 2 rings (SSSR count). The van der Waals surface area contributed by atoms with E-state index in [0.717, 1.165) is 13.1 Å². The summed E-state index contributed by atoms with van der Waals surface area (Å²) < 4.78 is 0. The normalized spacial score (nSPS) is 27.5. The van der Waals surface area contributed by atoms with Crippen molar-refractivity contribution in [3.05, 3.63) is 30.3 Å². The Balaban J connectivity index is 2.13. The third-order valence-corrected chi connectivity index (χ3v) is 3.18. The van der Waals surface area contributed by atoms with Crippen molar-refractivity contribution in [2.45, 2.75) is 32.4 Å². The van der Waals surface area contributed by atoms with Crippen LogP contribution in [0.3, 0.4) is 0 Å². The lowest BCUT2D eigenvalue weighted by Crippen LogP contribution is -2.37. The Morgan fingerprint density at radius 3 is 2.67 bits per heavy atom. The van der Waals surface area contributed by atoms with Gasteiger partial charge in [-0.05, 0) is 32.4 Å². The van der Waals surface area contributed by atoms with E-state index in [1.54, 1.807) is 0 Å². The number of benzene rings is 1. The van der Waals surface area contributed by atoms with Gasteiger partial charge in [0.15, 0.2) is 0 Å². The van der Waals surface area contributed by atoms with E-state index in [0.29, 0.717) is 12.1 Å². The lowest BCUT2D eigenvalue weighted by molar-refractivity contribution is 0.548. The summed E-state index contributed by atoms with van der Waals surface area (Å²) in [5.41, 5.74) is 1.35. The van der Waals surface area contributed by atoms with Crippen LogP contribution in [0.1, 0.15) is 20.3 Å². The molecule has 1 aromatic carbocycles. The standard InChI is InChI=1S/C13H20N2/c1-11-8-9-15(12(2)10-14-11)13-6-4-3-5-7-13/h3-7,11-12,14H,8-10H2,1-2H3. The first-order valence-electron chi connectivity index (χ1n) is 5.82. The van der Waals surface area contributed by atoms with E-state index in [1.807, 2.05) is 0 Å². The van der Waals surface area contributed by atoms with Crippen LogP contribution >= 0.6 is 0 Å². The maximum Gasteiger partial charge on any atom is 0.0386 e. The molecule has 2 unspecified atom stereocenters. The Morgan fingerprint density at radius 2 is 1.93 bits per heavy atom. The minimum Gasteiger partial charge on any atom is -0.367 e. The lowest BCUT2D eigenvalue weighted by Gasteiger charge is -2.29. The fraction of sp³-hybridized carbons (Fsp3) is 0.538. The van der Waals surface area contributed by atoms with Gasteiger partial charge < -0.3 is 10.2 Å². The second kappa shape index (κ2) is 4.67. The molecular formula is C13H20N2. The van der Waals surface area contributed by atoms with Crippen molar-refractivity contribution in [1.29, 1.82) is 0 Å². The molecule has 1 aromatic rings. The molecule has 0 bridgehead atoms. The van der Waals surface area contributed by atoms with Crippen molar-refractivity contribution in [2.75, 3.05) is 18.0 Å². The van der Waals surface area contributed by atoms with Crippen molar-refractivity contribution < 1.29 is 0 Å². The highest BCUT2D eigenvalue weighted by atomic mass is 15.2. The molecule has 2 nitrogen and oxygen atoms in total. The van der Waals surface area contributed by atoms with Gasteiger partial charge in [0, 0.05) is 30.9 Å². The topological polar surface area (TPSA) is 15.3 Å². The highest BCUT2D eigenvalue weighted by molar-refractivity contribution is 5.47. The van der Waals surface area contributed by atoms with E-state index in [-0.39, 0.29) is 0 Å². The van der Waals surface area contributed by atoms with Gasteiger partial charge in [-0.25, -0.2) is 0 Å². The number of anilines is 1. The largest absolute Gasteiger partial charge is 0.367 e. The van der Waals surface area contributed by atoms with E-state index in [4.69, 9.17) is 0 Å². The Labute approximate surface area is 92.3 Å². The molecule has 1 N–H and O–H groups in total. The average molecular weight is 204 g/mol. The lowest BCUT2D eigenvalue weighted by atomic mass is 10.2. The minimum absolute atomic E-state index is 0.581. The highest BCUT2D eigenvalue weighted by Gasteiger charge is 2.19. The second-order valence-electron chi connectivity index (χ2n) is 4.48. The van der Waals surface area contributed by atoms with Crippen molar-refractivity contribution in [3.8, 4) is 0 Å². The van der Waals surface area contributed by atoms with Crippen molar-refractivity contribution in [2.24, 2.45) is 0 Å². The smallest absolute Gasteiger partial charge is 0.0386 e. The van der Waals surface area contributed by atoms with E-state index < -0.39 is 0 Å². The summed E-state index contributed by atoms with van der Waals surface area (Å²) in [5, 5.41) is 3.55. The highest BCUT2D eigenvalue weighted by Crippen LogP contribution is 2.18. The summed E-state index contributed by atoms with van der Waals surface area (Å²) >= 11 is 0. The molecule has 0 saturated carbocycles. The summed E-state index contributed by atoms with van der Waals surface area (Å²) in [5.74, 6) is 0. The average Bonchev–Trinajstić information content (AvgIpc) is 2.43. The van der Waals surface area contributed by atoms with Crippen LogP contribution in [0.2, 0.25) is 0 Å². The van der Waals surface area contributed by atoms with Gasteiger partial charge in [0.25, 0.3) is 0 Å². The quantitative estimate of drug-likeness (QED) is 0.755. The first-order chi connectivity index (χ1) is 7.27. The fourth-order valence-electron chi connectivity index (χ4n) is 2.14. The third-order valence-electron chi connectivity index (χ3n) is 3.18. The molecule has 15 heavy (non-hydrogen) atoms. The number of nitrogens with zero attached hydrogens (tertiary/aromatic N) is 1. The van der Waals surface area contributed by atoms with Gasteiger partial charge in [0.2, 0.25) is 0 Å². The summed E-state index contributed by atoms with van der Waals surface area (Å²) in [7, 11) is 0. The van der Waals surface area contributed by atoms with E-state index in [1.165, 1.54) is 12.1 Å². The van der Waals surface area contributed by atoms with Gasteiger partial charge >= 0.3 is 0 Å². The molecule has 1 fully saturated rings. The molecule has 0 spiro atoms. The Hall–Kier alpha value is -1.02. The fourth-order valence-corrected chi connectivity index (χ4v) is 2.14. The molecule has 0 aromatic heterocycles. The van der Waals surface area contributed by atoms with Gasteiger partial charge in [-0.15, -0.1) is 0 Å². The molecular weight excluding hydrogens is 184 g/mol. The van der Waals surface area contributed by atoms with Gasteiger partial charge in [-0.2, -0.15) is 0 Å². The second-order valence-corrected chi connectivity index (χ2v) is 4.48. The third kappa shape index (κ3) is 2.51. The molecule has 0 amide bonds. The number of para-hydroxylation sites is 1. The molecule has 1 heterocycles. The zero-order valence-electron chi connectivity index (χ0n) is 9.61. The Bertz CT molecular complexity index is 297. The van der Waals surface area contributed by atoms with Crippen molar-refractivity contribution >= 4 is 5.69 Å². The molecule has 1 aliphatic rings. The first kappa shape index (κ1) is 10.5. The SMILES string of the molecule is CC1CCN(c2ccccc2)C(C)CN1. The van der Waals surface area contributed by atoms with Gasteiger partial charge in [-0.3, -0.25) is 0 Å². The zero-order chi connectivity index (χ0) is 10.7. The predicted octanol–water partition coefficient (Wildman–Crippen LogP) is 2.26. The summed E-state index contributed by atoms with van der Waals surface area (Å²) in [4.78, 5) is 2.50. The number of rotatable bonds is 1. The van der Waals surface area contributed by atoms with Crippen LogP contribution in [-0.4, -0.2) is 25.2 Å². The van der Waals surface area contributed by atoms with Crippen molar-refractivity contribution in [3.63, 3.8) is 0 Å². The minimum atomic E-state index is 0.581. The van der Waals surface area contributed by atoms with Crippen LogP contribution in [-0.2, 0) is 0 Å². The zero-order valence-corrected chi connectivity index (χ0v) is 9.61. The molecule has 1 saturated heterocycles. The van der Waals surface area contributed by atoms with Crippen LogP contribution in [0.15, 0.2) is 30.3 Å². The molecule has 1 aliphatic heterocycles. The number of hydrogen-bond donors (Lipinski definition) is 1. The Morgan fingerprint density at radius 1 is 1.20 bits per heavy atom. The maximum absolute atomic E-state index is 3.55. The van der Waals surface area contributed by atoms with Crippen LogP contribution in [0, 0.1) is 0 Å². The Kier molecular flexibility index (Phi) is 3.27. The summed E-state index contributed by atoms with van der Waals surface area (Å²) in [6, 6.07) is 11.9. The van der Waals surface area contributed by atoms with Crippen LogP contribution in [0.4, 0.5) is 5.69 Å². The van der Waals surface area contributed by atoms with Gasteiger partial charge in [0.05, 0.1) is 0 Å². The predicted molar refractivity (Wildman–Crippen MR) is 65.3 cm³/mol. The van der Waals surface area contributed by atoms with E-state index in [9.17, 15) is 0 Å². The van der Waals surface area contributed by atoms with Crippen LogP contribution < -0.4 is 10.2 Å². The van der Waals surface area contributed by atoms with Gasteiger partial charge in [0.1, 0.15) is 0 Å². The van der Waals surface area contributed by atoms with E-state index in [2.05, 4.69) is 54.4 Å². The maximum atomic E-state index is 3.55. The summed E-state index contributed by atoms with van der Waals surface area (Å²) in [6.07, 6.45) is 1.22. The molecule has 2 atom stereocenters. The van der Waals surface area contributed by atoms with Crippen molar-refractivity contribution in [1.82, 2.24) is 5.32 Å². The first-order valence-corrected chi connectivity index (χ1v) is 5.82. The van der Waals surface area contributed by atoms with Crippen LogP contribution in [0.25, 0.3) is 0 Å². The monoisotopic (exact) mass is 204 g/mol.